The summed E-state index contributed by atoms with van der Waals surface area (Å²) in [6.07, 6.45) is 0. The molecular weight excluding hydrogens is 357 g/mol. The molecule has 1 heterocycles. The summed E-state index contributed by atoms with van der Waals surface area (Å²) in [7, 11) is 1.64. The highest BCUT2D eigenvalue weighted by Gasteiger charge is 2.06. The van der Waals surface area contributed by atoms with Gasteiger partial charge in [0.25, 0.3) is 0 Å². The summed E-state index contributed by atoms with van der Waals surface area (Å²) in [6.45, 7) is 3.21. The topological polar surface area (TPSA) is 43.6 Å². The molecule has 1 aromatic heterocycles. The van der Waals surface area contributed by atoms with Gasteiger partial charge in [-0.05, 0) is 53.8 Å². The Morgan fingerprint density at radius 3 is 2.68 bits per heavy atom. The van der Waals surface area contributed by atoms with E-state index in [0.717, 1.165) is 26.7 Å². The smallest absolute Gasteiger partial charge is 0.164 e. The summed E-state index contributed by atoms with van der Waals surface area (Å²) in [6, 6.07) is 9.67. The monoisotopic (exact) mass is 373 g/mol. The van der Waals surface area contributed by atoms with Crippen LogP contribution in [0.4, 0.5) is 5.69 Å². The van der Waals surface area contributed by atoms with E-state index in [1.54, 1.807) is 7.11 Å². The first kappa shape index (κ1) is 14.0. The van der Waals surface area contributed by atoms with Crippen molar-refractivity contribution in [3.63, 3.8) is 0 Å². The fraction of sp³-hybridized carbons (Fsp3) is 0.286. The Balaban J connectivity index is 2.04. The summed E-state index contributed by atoms with van der Waals surface area (Å²) in [5, 5.41) is 3.29. The first-order valence-corrected chi connectivity index (χ1v) is 7.09. The molecule has 1 aromatic carbocycles. The van der Waals surface area contributed by atoms with Gasteiger partial charge in [0.15, 0.2) is 15.3 Å². The van der Waals surface area contributed by atoms with Gasteiger partial charge in [-0.15, -0.1) is 0 Å². The first-order chi connectivity index (χ1) is 9.22. The molecule has 0 aliphatic heterocycles. The molecule has 0 saturated heterocycles. The number of methoxy groups -OCH3 is 1. The van der Waals surface area contributed by atoms with Gasteiger partial charge in [-0.1, -0.05) is 0 Å². The van der Waals surface area contributed by atoms with Crippen LogP contribution in [-0.4, -0.2) is 13.7 Å². The largest absolute Gasteiger partial charge is 0.493 e. The maximum atomic E-state index is 5.49. The van der Waals surface area contributed by atoms with E-state index in [1.807, 2.05) is 37.3 Å². The minimum Gasteiger partial charge on any atom is -0.493 e. The van der Waals surface area contributed by atoms with Crippen LogP contribution < -0.4 is 14.8 Å². The standard InChI is InChI=1S/C14H16INO3/c1-3-18-12-6-4-10(8-13(12)17-2)16-9-11-5-7-14(15)19-11/h4-8,16H,3,9H2,1-2H3. The Hall–Kier alpha value is -1.37. The highest BCUT2D eigenvalue weighted by Crippen LogP contribution is 2.30. The fourth-order valence-electron chi connectivity index (χ4n) is 1.69. The molecule has 0 atom stereocenters. The summed E-state index contributed by atoms with van der Waals surface area (Å²) in [5.74, 6) is 2.38. The second-order valence-electron chi connectivity index (χ2n) is 3.86. The normalized spacial score (nSPS) is 10.3. The van der Waals surface area contributed by atoms with Crippen molar-refractivity contribution >= 4 is 28.3 Å². The van der Waals surface area contributed by atoms with E-state index in [4.69, 9.17) is 13.9 Å². The average Bonchev–Trinajstić information content (AvgIpc) is 2.83. The van der Waals surface area contributed by atoms with Gasteiger partial charge < -0.3 is 19.2 Å². The fourth-order valence-corrected chi connectivity index (χ4v) is 2.15. The van der Waals surface area contributed by atoms with E-state index in [-0.39, 0.29) is 0 Å². The van der Waals surface area contributed by atoms with Gasteiger partial charge in [0.1, 0.15) is 5.76 Å². The maximum absolute atomic E-state index is 5.49. The van der Waals surface area contributed by atoms with Gasteiger partial charge in [-0.25, -0.2) is 0 Å². The summed E-state index contributed by atoms with van der Waals surface area (Å²) in [4.78, 5) is 0. The van der Waals surface area contributed by atoms with E-state index in [9.17, 15) is 0 Å². The Labute approximate surface area is 126 Å². The number of furan rings is 1. The molecule has 0 aliphatic carbocycles. The zero-order valence-electron chi connectivity index (χ0n) is 10.9. The molecule has 102 valence electrons. The minimum absolute atomic E-state index is 0.619. The van der Waals surface area contributed by atoms with Crippen molar-refractivity contribution in [3.8, 4) is 11.5 Å². The third kappa shape index (κ3) is 3.79. The lowest BCUT2D eigenvalue weighted by Gasteiger charge is -2.11. The molecule has 0 bridgehead atoms. The van der Waals surface area contributed by atoms with Crippen LogP contribution in [0.1, 0.15) is 12.7 Å². The van der Waals surface area contributed by atoms with Gasteiger partial charge in [-0.3, -0.25) is 0 Å². The van der Waals surface area contributed by atoms with Crippen molar-refractivity contribution in [1.82, 2.24) is 0 Å². The molecule has 2 rings (SSSR count). The van der Waals surface area contributed by atoms with Crippen molar-refractivity contribution in [2.75, 3.05) is 19.0 Å². The Morgan fingerprint density at radius 2 is 2.05 bits per heavy atom. The van der Waals surface area contributed by atoms with E-state index in [1.165, 1.54) is 0 Å². The summed E-state index contributed by atoms with van der Waals surface area (Å²) in [5.41, 5.74) is 0.965. The van der Waals surface area contributed by atoms with Crippen molar-refractivity contribution in [3.05, 3.63) is 39.9 Å². The Bertz CT molecular complexity index is 539. The van der Waals surface area contributed by atoms with Crippen molar-refractivity contribution < 1.29 is 13.9 Å². The number of ether oxygens (including phenoxy) is 2. The highest BCUT2D eigenvalue weighted by atomic mass is 127. The number of hydrogen-bond donors (Lipinski definition) is 1. The third-order valence-electron chi connectivity index (χ3n) is 2.56. The molecule has 0 spiro atoms. The third-order valence-corrected chi connectivity index (χ3v) is 3.14. The van der Waals surface area contributed by atoms with Crippen LogP contribution in [0.5, 0.6) is 11.5 Å². The van der Waals surface area contributed by atoms with Crippen LogP contribution in [0.25, 0.3) is 0 Å². The van der Waals surface area contributed by atoms with Crippen LogP contribution in [0.2, 0.25) is 0 Å². The van der Waals surface area contributed by atoms with Crippen LogP contribution in [0.15, 0.2) is 34.7 Å². The molecule has 0 amide bonds. The number of hydrogen-bond acceptors (Lipinski definition) is 4. The molecule has 0 fully saturated rings. The Kier molecular flexibility index (Phi) is 4.95. The molecule has 1 N–H and O–H groups in total. The molecule has 0 radical (unpaired) electrons. The number of anilines is 1. The summed E-state index contributed by atoms with van der Waals surface area (Å²) >= 11 is 2.15. The quantitative estimate of drug-likeness (QED) is 0.780. The second kappa shape index (κ2) is 6.70. The van der Waals surface area contributed by atoms with E-state index >= 15 is 0 Å². The zero-order valence-corrected chi connectivity index (χ0v) is 13.1. The van der Waals surface area contributed by atoms with Crippen LogP contribution in [0.3, 0.4) is 0 Å². The van der Waals surface area contributed by atoms with Gasteiger partial charge in [-0.2, -0.15) is 0 Å². The lowest BCUT2D eigenvalue weighted by atomic mass is 10.2. The lowest BCUT2D eigenvalue weighted by molar-refractivity contribution is 0.311. The number of benzene rings is 1. The first-order valence-electron chi connectivity index (χ1n) is 6.02. The molecule has 0 aliphatic rings. The molecule has 5 heteroatoms. The van der Waals surface area contributed by atoms with Crippen LogP contribution >= 0.6 is 22.6 Å². The van der Waals surface area contributed by atoms with Crippen molar-refractivity contribution in [2.45, 2.75) is 13.5 Å². The van der Waals surface area contributed by atoms with Crippen molar-refractivity contribution in [2.24, 2.45) is 0 Å². The predicted molar refractivity (Wildman–Crippen MR) is 82.9 cm³/mol. The van der Waals surface area contributed by atoms with Crippen LogP contribution in [0, 0.1) is 3.77 Å². The SMILES string of the molecule is CCOc1ccc(NCc2ccc(I)o2)cc1OC. The molecule has 19 heavy (non-hydrogen) atoms. The van der Waals surface area contributed by atoms with Gasteiger partial charge in [0.2, 0.25) is 0 Å². The molecular formula is C14H16INO3. The second-order valence-corrected chi connectivity index (χ2v) is 4.92. The van der Waals surface area contributed by atoms with E-state index < -0.39 is 0 Å². The maximum Gasteiger partial charge on any atom is 0.164 e. The van der Waals surface area contributed by atoms with Crippen LogP contribution in [-0.2, 0) is 6.54 Å². The Morgan fingerprint density at radius 1 is 1.21 bits per heavy atom. The average molecular weight is 373 g/mol. The molecule has 4 nitrogen and oxygen atoms in total. The molecule has 2 aromatic rings. The van der Waals surface area contributed by atoms with Gasteiger partial charge in [0, 0.05) is 11.8 Å². The number of nitrogens with one attached hydrogen (secondary N) is 1. The summed E-state index contributed by atoms with van der Waals surface area (Å²) < 4.78 is 17.2. The molecule has 0 saturated carbocycles. The van der Waals surface area contributed by atoms with E-state index in [2.05, 4.69) is 27.9 Å². The highest BCUT2D eigenvalue weighted by molar-refractivity contribution is 14.1. The predicted octanol–water partition coefficient (Wildman–Crippen LogP) is 3.90. The number of rotatable bonds is 6. The molecule has 0 unspecified atom stereocenters. The zero-order chi connectivity index (χ0) is 13.7. The van der Waals surface area contributed by atoms with Gasteiger partial charge >= 0.3 is 0 Å². The van der Waals surface area contributed by atoms with Gasteiger partial charge in [0.05, 0.1) is 20.3 Å². The minimum atomic E-state index is 0.619. The number of halogens is 1. The van der Waals surface area contributed by atoms with E-state index in [0.29, 0.717) is 13.2 Å². The lowest BCUT2D eigenvalue weighted by Crippen LogP contribution is -2.00. The van der Waals surface area contributed by atoms with Crippen molar-refractivity contribution in [1.29, 1.82) is 0 Å².